The molecule has 2 heterocycles. The Bertz CT molecular complexity index is 802. The largest absolute Gasteiger partial charge is 0.496 e. The third kappa shape index (κ3) is 4.71. The topological polar surface area (TPSA) is 58.6 Å². The maximum atomic E-state index is 12.6. The predicted molar refractivity (Wildman–Crippen MR) is 110 cm³/mol. The zero-order chi connectivity index (χ0) is 19.4. The van der Waals surface area contributed by atoms with Gasteiger partial charge < -0.3 is 15.0 Å². The van der Waals surface area contributed by atoms with Gasteiger partial charge in [-0.25, -0.2) is 0 Å². The highest BCUT2D eigenvalue weighted by atomic mass is 79.9. The number of carbonyl (C=O) groups excluding carboxylic acids is 2. The molecule has 0 radical (unpaired) electrons. The number of likely N-dealkylation sites (tertiary alicyclic amines) is 1. The SMILES string of the molecule is COc1ccc(C(C)NC(=O)C2CCN(C(=O)c3cccs3)CC2)cc1Br. The molecular weight excluding hydrogens is 428 g/mol. The summed E-state index contributed by atoms with van der Waals surface area (Å²) in [6.07, 6.45) is 1.39. The molecule has 7 heteroatoms. The second kappa shape index (κ2) is 8.89. The van der Waals surface area contributed by atoms with Crippen LogP contribution in [0.5, 0.6) is 5.75 Å². The summed E-state index contributed by atoms with van der Waals surface area (Å²) in [5, 5.41) is 5.01. The maximum Gasteiger partial charge on any atom is 0.263 e. The van der Waals surface area contributed by atoms with Gasteiger partial charge in [0.25, 0.3) is 5.91 Å². The molecule has 2 aromatic rings. The minimum atomic E-state index is -0.0921. The fourth-order valence-electron chi connectivity index (χ4n) is 3.27. The van der Waals surface area contributed by atoms with Gasteiger partial charge in [0.05, 0.1) is 22.5 Å². The number of carbonyl (C=O) groups is 2. The van der Waals surface area contributed by atoms with Gasteiger partial charge in [-0.2, -0.15) is 0 Å². The number of hydrogen-bond donors (Lipinski definition) is 1. The molecule has 3 rings (SSSR count). The molecule has 1 aliphatic rings. The van der Waals surface area contributed by atoms with E-state index in [2.05, 4.69) is 21.2 Å². The molecule has 27 heavy (non-hydrogen) atoms. The monoisotopic (exact) mass is 450 g/mol. The summed E-state index contributed by atoms with van der Waals surface area (Å²) in [7, 11) is 1.63. The molecule has 5 nitrogen and oxygen atoms in total. The van der Waals surface area contributed by atoms with Gasteiger partial charge in [-0.3, -0.25) is 9.59 Å². The van der Waals surface area contributed by atoms with Crippen molar-refractivity contribution >= 4 is 39.1 Å². The number of ether oxygens (including phenoxy) is 1. The summed E-state index contributed by atoms with van der Waals surface area (Å²) in [5.74, 6) is 0.833. The standard InChI is InChI=1S/C20H23BrN2O3S/c1-13(15-5-6-17(26-2)16(21)12-15)22-19(24)14-7-9-23(10-8-14)20(25)18-4-3-11-27-18/h3-6,11-14H,7-10H2,1-2H3,(H,22,24). The van der Waals surface area contributed by atoms with E-state index in [0.29, 0.717) is 25.9 Å². The summed E-state index contributed by atoms with van der Waals surface area (Å²) in [6.45, 7) is 3.22. The first kappa shape index (κ1) is 19.9. The van der Waals surface area contributed by atoms with Gasteiger partial charge in [-0.05, 0) is 64.8 Å². The van der Waals surface area contributed by atoms with Crippen LogP contribution in [0, 0.1) is 5.92 Å². The lowest BCUT2D eigenvalue weighted by atomic mass is 9.95. The van der Waals surface area contributed by atoms with E-state index in [0.717, 1.165) is 20.7 Å². The third-order valence-electron chi connectivity index (χ3n) is 4.92. The zero-order valence-corrected chi connectivity index (χ0v) is 17.8. The van der Waals surface area contributed by atoms with Crippen LogP contribution in [0.3, 0.4) is 0 Å². The second-order valence-corrected chi connectivity index (χ2v) is 8.47. The van der Waals surface area contributed by atoms with Gasteiger partial charge in [-0.1, -0.05) is 12.1 Å². The Hall–Kier alpha value is -1.86. The van der Waals surface area contributed by atoms with Crippen LogP contribution in [0.2, 0.25) is 0 Å². The third-order valence-corrected chi connectivity index (χ3v) is 6.40. The molecule has 1 atom stereocenters. The predicted octanol–water partition coefficient (Wildman–Crippen LogP) is 4.25. The average molecular weight is 451 g/mol. The number of rotatable bonds is 5. The summed E-state index contributed by atoms with van der Waals surface area (Å²) in [4.78, 5) is 27.7. The molecule has 1 N–H and O–H groups in total. The van der Waals surface area contributed by atoms with Crippen LogP contribution in [0.1, 0.15) is 41.0 Å². The molecule has 0 spiro atoms. The number of nitrogens with one attached hydrogen (secondary N) is 1. The molecular formula is C20H23BrN2O3S. The van der Waals surface area contributed by atoms with Gasteiger partial charge in [0.1, 0.15) is 5.75 Å². The van der Waals surface area contributed by atoms with Gasteiger partial charge in [0.15, 0.2) is 0 Å². The van der Waals surface area contributed by atoms with E-state index < -0.39 is 0 Å². The summed E-state index contributed by atoms with van der Waals surface area (Å²) in [5.41, 5.74) is 1.02. The molecule has 144 valence electrons. The molecule has 1 fully saturated rings. The van der Waals surface area contributed by atoms with Crippen LogP contribution in [0.25, 0.3) is 0 Å². The number of methoxy groups -OCH3 is 1. The number of piperidine rings is 1. The van der Waals surface area contributed by atoms with E-state index in [1.807, 2.05) is 47.5 Å². The number of nitrogens with zero attached hydrogens (tertiary/aromatic N) is 1. The molecule has 1 unspecified atom stereocenters. The number of benzene rings is 1. The smallest absolute Gasteiger partial charge is 0.263 e. The van der Waals surface area contributed by atoms with Crippen molar-refractivity contribution in [3.63, 3.8) is 0 Å². The molecule has 0 saturated carbocycles. The zero-order valence-electron chi connectivity index (χ0n) is 15.4. The lowest BCUT2D eigenvalue weighted by Crippen LogP contribution is -2.43. The van der Waals surface area contributed by atoms with Crippen molar-refractivity contribution in [2.45, 2.75) is 25.8 Å². The fourth-order valence-corrected chi connectivity index (χ4v) is 4.52. The highest BCUT2D eigenvalue weighted by molar-refractivity contribution is 9.10. The van der Waals surface area contributed by atoms with Crippen molar-refractivity contribution < 1.29 is 14.3 Å². The van der Waals surface area contributed by atoms with Crippen molar-refractivity contribution in [1.29, 1.82) is 0 Å². The Labute approximate surface area is 171 Å². The van der Waals surface area contributed by atoms with E-state index in [9.17, 15) is 9.59 Å². The van der Waals surface area contributed by atoms with E-state index in [1.54, 1.807) is 7.11 Å². The first-order chi connectivity index (χ1) is 13.0. The van der Waals surface area contributed by atoms with Crippen LogP contribution in [0.15, 0.2) is 40.2 Å². The first-order valence-corrected chi connectivity index (χ1v) is 10.6. The minimum Gasteiger partial charge on any atom is -0.496 e. The van der Waals surface area contributed by atoms with Crippen LogP contribution in [-0.4, -0.2) is 36.9 Å². The summed E-state index contributed by atoms with van der Waals surface area (Å²) >= 11 is 4.94. The van der Waals surface area contributed by atoms with Gasteiger partial charge >= 0.3 is 0 Å². The number of thiophene rings is 1. The Morgan fingerprint density at radius 2 is 2.04 bits per heavy atom. The van der Waals surface area contributed by atoms with Crippen LogP contribution in [0.4, 0.5) is 0 Å². The van der Waals surface area contributed by atoms with Gasteiger partial charge in [0, 0.05) is 19.0 Å². The Balaban J connectivity index is 1.53. The van der Waals surface area contributed by atoms with Gasteiger partial charge in [-0.15, -0.1) is 11.3 Å². The number of halogens is 1. The Morgan fingerprint density at radius 1 is 1.30 bits per heavy atom. The minimum absolute atomic E-state index is 0.0534. The highest BCUT2D eigenvalue weighted by Gasteiger charge is 2.28. The fraction of sp³-hybridized carbons (Fsp3) is 0.400. The van der Waals surface area contributed by atoms with Crippen LogP contribution < -0.4 is 10.1 Å². The molecule has 0 aliphatic carbocycles. The van der Waals surface area contributed by atoms with Crippen LogP contribution >= 0.6 is 27.3 Å². The van der Waals surface area contributed by atoms with E-state index >= 15 is 0 Å². The normalized spacial score (nSPS) is 16.0. The number of hydrogen-bond acceptors (Lipinski definition) is 4. The second-order valence-electron chi connectivity index (χ2n) is 6.67. The highest BCUT2D eigenvalue weighted by Crippen LogP contribution is 2.28. The quantitative estimate of drug-likeness (QED) is 0.740. The van der Waals surface area contributed by atoms with Crippen molar-refractivity contribution in [2.75, 3.05) is 20.2 Å². The Morgan fingerprint density at radius 3 is 2.63 bits per heavy atom. The van der Waals surface area contributed by atoms with E-state index in [1.165, 1.54) is 11.3 Å². The number of amides is 2. The van der Waals surface area contributed by atoms with E-state index in [4.69, 9.17) is 4.74 Å². The summed E-state index contributed by atoms with van der Waals surface area (Å²) in [6, 6.07) is 9.45. The first-order valence-electron chi connectivity index (χ1n) is 8.96. The van der Waals surface area contributed by atoms with Gasteiger partial charge in [0.2, 0.25) is 5.91 Å². The molecule has 2 amide bonds. The van der Waals surface area contributed by atoms with Crippen LogP contribution in [-0.2, 0) is 4.79 Å². The summed E-state index contributed by atoms with van der Waals surface area (Å²) < 4.78 is 6.11. The van der Waals surface area contributed by atoms with Crippen molar-refractivity contribution in [2.24, 2.45) is 5.92 Å². The maximum absolute atomic E-state index is 12.6. The molecule has 0 bridgehead atoms. The molecule has 1 saturated heterocycles. The van der Waals surface area contributed by atoms with Crippen molar-refractivity contribution in [3.8, 4) is 5.75 Å². The van der Waals surface area contributed by atoms with Crippen molar-refractivity contribution in [3.05, 3.63) is 50.6 Å². The molecule has 1 aromatic carbocycles. The molecule has 1 aliphatic heterocycles. The lowest BCUT2D eigenvalue weighted by molar-refractivity contribution is -0.126. The Kier molecular flexibility index (Phi) is 6.55. The van der Waals surface area contributed by atoms with E-state index in [-0.39, 0.29) is 23.8 Å². The lowest BCUT2D eigenvalue weighted by Gasteiger charge is -2.31. The molecule has 1 aromatic heterocycles. The van der Waals surface area contributed by atoms with Crippen molar-refractivity contribution in [1.82, 2.24) is 10.2 Å². The average Bonchev–Trinajstić information content (AvgIpc) is 3.22.